The van der Waals surface area contributed by atoms with E-state index in [2.05, 4.69) is 12.3 Å². The van der Waals surface area contributed by atoms with E-state index in [0.29, 0.717) is 0 Å². The largest absolute Gasteiger partial charge is 0.545 e. The number of fused-ring (bicyclic) bond motifs is 1. The molecule has 2 aliphatic carbocycles. The van der Waals surface area contributed by atoms with Crippen molar-refractivity contribution in [2.45, 2.75) is 32.6 Å². The number of carboxylic acids is 1. The van der Waals surface area contributed by atoms with E-state index in [0.717, 1.165) is 0 Å². The second-order valence-electron chi connectivity index (χ2n) is 3.74. The number of nitrogens with two attached hydrogens (primary N) is 1. The van der Waals surface area contributed by atoms with E-state index >= 15 is 0 Å². The molecule has 0 aromatic carbocycles. The molecule has 0 spiro atoms. The maximum Gasteiger partial charge on any atom is 0.0666 e. The van der Waals surface area contributed by atoms with Crippen molar-refractivity contribution < 1.29 is 9.90 Å². The molecule has 0 amide bonds. The zero-order chi connectivity index (χ0) is 11.1. The van der Waals surface area contributed by atoms with Gasteiger partial charge in [-0.25, -0.2) is 0 Å². The fraction of sp³-hybridized carbons (Fsp3) is 0.727. The summed E-state index contributed by atoms with van der Waals surface area (Å²) in [6.45, 7) is 4.48. The zero-order valence-electron chi connectivity index (χ0n) is 9.08. The summed E-state index contributed by atoms with van der Waals surface area (Å²) < 4.78 is 0. The summed E-state index contributed by atoms with van der Waals surface area (Å²) in [5.41, 5.74) is 4.56. The normalized spacial score (nSPS) is 25.9. The SMILES string of the molecule is C1CC2CCC12.C=C(C)C(=O)[O-].CN. The van der Waals surface area contributed by atoms with Crippen LogP contribution in [-0.4, -0.2) is 13.0 Å². The highest BCUT2D eigenvalue weighted by molar-refractivity contribution is 5.82. The van der Waals surface area contributed by atoms with E-state index < -0.39 is 5.97 Å². The summed E-state index contributed by atoms with van der Waals surface area (Å²) >= 11 is 0. The van der Waals surface area contributed by atoms with Crippen LogP contribution in [0.5, 0.6) is 0 Å². The standard InChI is InChI=1S/C6H10.C4H6O2.CH5N/c1-2-6-4-3-5(1)6;1-3(2)4(5)6;1-2/h5-6H,1-4H2;1H2,2H3,(H,5,6);2H2,1H3/p-1. The quantitative estimate of drug-likeness (QED) is 0.630. The lowest BCUT2D eigenvalue weighted by atomic mass is 9.60. The van der Waals surface area contributed by atoms with Crippen molar-refractivity contribution >= 4 is 5.97 Å². The third-order valence-corrected chi connectivity index (χ3v) is 2.83. The van der Waals surface area contributed by atoms with E-state index in [9.17, 15) is 9.90 Å². The van der Waals surface area contributed by atoms with Crippen LogP contribution in [0.15, 0.2) is 12.2 Å². The van der Waals surface area contributed by atoms with Crippen LogP contribution in [0.25, 0.3) is 0 Å². The molecule has 0 aromatic rings. The molecule has 0 heterocycles. The molecule has 2 fully saturated rings. The molecule has 14 heavy (non-hydrogen) atoms. The molecule has 2 N–H and O–H groups in total. The molecular weight excluding hydrogens is 178 g/mol. The van der Waals surface area contributed by atoms with Gasteiger partial charge in [-0.05, 0) is 57.1 Å². The molecule has 2 saturated carbocycles. The van der Waals surface area contributed by atoms with Gasteiger partial charge in [-0.15, -0.1) is 0 Å². The van der Waals surface area contributed by atoms with Crippen molar-refractivity contribution in [3.63, 3.8) is 0 Å². The van der Waals surface area contributed by atoms with E-state index in [1.165, 1.54) is 25.8 Å². The second-order valence-corrected chi connectivity index (χ2v) is 3.74. The summed E-state index contributed by atoms with van der Waals surface area (Å²) in [7, 11) is 1.50. The third kappa shape index (κ3) is 3.92. The van der Waals surface area contributed by atoms with Crippen molar-refractivity contribution in [3.8, 4) is 0 Å². The molecule has 3 heteroatoms. The first-order valence-electron chi connectivity index (χ1n) is 5.06. The van der Waals surface area contributed by atoms with Gasteiger partial charge in [0.15, 0.2) is 0 Å². The van der Waals surface area contributed by atoms with Crippen molar-refractivity contribution in [2.24, 2.45) is 17.6 Å². The fourth-order valence-corrected chi connectivity index (χ4v) is 1.56. The molecule has 82 valence electrons. The van der Waals surface area contributed by atoms with E-state index in [1.54, 1.807) is 25.7 Å². The molecule has 0 radical (unpaired) electrons. The summed E-state index contributed by atoms with van der Waals surface area (Å²) in [5.74, 6) is 1.24. The number of hydrogen-bond donors (Lipinski definition) is 1. The average molecular weight is 198 g/mol. The molecular formula is C11H20NO2-. The molecule has 0 aliphatic heterocycles. The molecule has 0 bridgehead atoms. The molecule has 0 atom stereocenters. The summed E-state index contributed by atoms with van der Waals surface area (Å²) in [4.78, 5) is 9.49. The van der Waals surface area contributed by atoms with Crippen molar-refractivity contribution in [1.82, 2.24) is 0 Å². The lowest BCUT2D eigenvalue weighted by Gasteiger charge is -2.46. The smallest absolute Gasteiger partial charge is 0.0666 e. The van der Waals surface area contributed by atoms with Crippen molar-refractivity contribution in [2.75, 3.05) is 7.05 Å². The zero-order valence-corrected chi connectivity index (χ0v) is 9.08. The maximum absolute atomic E-state index is 9.49. The lowest BCUT2D eigenvalue weighted by molar-refractivity contribution is -0.299. The predicted octanol–water partition coefficient (Wildman–Crippen LogP) is 0.694. The molecule has 2 rings (SSSR count). The van der Waals surface area contributed by atoms with E-state index in [4.69, 9.17) is 0 Å². The highest BCUT2D eigenvalue weighted by Crippen LogP contribution is 2.49. The average Bonchev–Trinajstić information content (AvgIpc) is 2.15. The summed E-state index contributed by atoms with van der Waals surface area (Å²) in [6, 6.07) is 0. The number of aliphatic carboxylic acids is 1. The van der Waals surface area contributed by atoms with Crippen LogP contribution in [0.3, 0.4) is 0 Å². The Labute approximate surface area is 86.0 Å². The van der Waals surface area contributed by atoms with Gasteiger partial charge >= 0.3 is 0 Å². The maximum atomic E-state index is 9.49. The first-order chi connectivity index (χ1) is 6.61. The minimum atomic E-state index is -1.19. The van der Waals surface area contributed by atoms with Gasteiger partial charge in [-0.2, -0.15) is 0 Å². The van der Waals surface area contributed by atoms with Crippen LogP contribution in [0.1, 0.15) is 32.6 Å². The molecule has 3 nitrogen and oxygen atoms in total. The number of rotatable bonds is 1. The minimum absolute atomic E-state index is 0.0648. The lowest BCUT2D eigenvalue weighted by Crippen LogP contribution is -2.34. The van der Waals surface area contributed by atoms with Gasteiger partial charge in [0.05, 0.1) is 5.97 Å². The Balaban J connectivity index is 0.000000206. The van der Waals surface area contributed by atoms with Crippen molar-refractivity contribution in [3.05, 3.63) is 12.2 Å². The third-order valence-electron chi connectivity index (χ3n) is 2.83. The van der Waals surface area contributed by atoms with Gasteiger partial charge in [0.1, 0.15) is 0 Å². The first-order valence-corrected chi connectivity index (χ1v) is 5.06. The Morgan fingerprint density at radius 1 is 1.21 bits per heavy atom. The van der Waals surface area contributed by atoms with Crippen LogP contribution in [-0.2, 0) is 4.79 Å². The fourth-order valence-electron chi connectivity index (χ4n) is 1.56. The van der Waals surface area contributed by atoms with Gasteiger partial charge in [-0.1, -0.05) is 6.58 Å². The van der Waals surface area contributed by atoms with Gasteiger partial charge in [-0.3, -0.25) is 0 Å². The number of carbonyl (C=O) groups excluding carboxylic acids is 1. The highest BCUT2D eigenvalue weighted by Gasteiger charge is 2.37. The minimum Gasteiger partial charge on any atom is -0.545 e. The van der Waals surface area contributed by atoms with E-state index in [1.807, 2.05) is 0 Å². The van der Waals surface area contributed by atoms with Gasteiger partial charge in [0.2, 0.25) is 0 Å². The molecule has 0 unspecified atom stereocenters. The predicted molar refractivity (Wildman–Crippen MR) is 55.4 cm³/mol. The van der Waals surface area contributed by atoms with Gasteiger partial charge < -0.3 is 15.6 Å². The molecule has 0 aromatic heterocycles. The van der Waals surface area contributed by atoms with Crippen LogP contribution in [0.4, 0.5) is 0 Å². The Morgan fingerprint density at radius 2 is 1.43 bits per heavy atom. The van der Waals surface area contributed by atoms with Crippen LogP contribution < -0.4 is 10.8 Å². The van der Waals surface area contributed by atoms with E-state index in [-0.39, 0.29) is 5.57 Å². The second kappa shape index (κ2) is 6.60. The number of hydrogen-bond acceptors (Lipinski definition) is 3. The first kappa shape index (κ1) is 13.2. The Morgan fingerprint density at radius 3 is 1.43 bits per heavy atom. The Bertz CT molecular complexity index is 171. The van der Waals surface area contributed by atoms with Crippen LogP contribution in [0.2, 0.25) is 0 Å². The summed E-state index contributed by atoms with van der Waals surface area (Å²) in [5, 5.41) is 9.49. The van der Waals surface area contributed by atoms with Gasteiger partial charge in [0, 0.05) is 0 Å². The number of carboxylic acid groups (broad SMARTS) is 1. The van der Waals surface area contributed by atoms with Crippen LogP contribution >= 0.6 is 0 Å². The Kier molecular flexibility index (Phi) is 6.21. The van der Waals surface area contributed by atoms with Crippen molar-refractivity contribution in [1.29, 1.82) is 0 Å². The Hall–Kier alpha value is -0.830. The summed E-state index contributed by atoms with van der Waals surface area (Å²) in [6.07, 6.45) is 6.24. The monoisotopic (exact) mass is 198 g/mol. The molecule has 2 aliphatic rings. The number of carbonyl (C=O) groups is 1. The van der Waals surface area contributed by atoms with Gasteiger partial charge in [0.25, 0.3) is 0 Å². The molecule has 0 saturated heterocycles. The topological polar surface area (TPSA) is 66.1 Å². The highest BCUT2D eigenvalue weighted by atomic mass is 16.4. The van der Waals surface area contributed by atoms with Crippen LogP contribution in [0, 0.1) is 11.8 Å².